The van der Waals surface area contributed by atoms with Crippen molar-refractivity contribution in [3.05, 3.63) is 45.8 Å². The van der Waals surface area contributed by atoms with E-state index in [1.54, 1.807) is 25.3 Å². The average Bonchev–Trinajstić information content (AvgIpc) is 3.13. The lowest BCUT2D eigenvalue weighted by Gasteiger charge is -2.33. The van der Waals surface area contributed by atoms with Crippen molar-refractivity contribution in [2.45, 2.75) is 26.3 Å². The van der Waals surface area contributed by atoms with Gasteiger partial charge in [-0.1, -0.05) is 5.21 Å². The summed E-state index contributed by atoms with van der Waals surface area (Å²) in [4.78, 5) is 24.9. The van der Waals surface area contributed by atoms with Gasteiger partial charge in [0.05, 0.1) is 18.2 Å². The highest BCUT2D eigenvalue weighted by molar-refractivity contribution is 5.95. The Hall–Kier alpha value is -2.97. The van der Waals surface area contributed by atoms with Crippen molar-refractivity contribution >= 4 is 17.3 Å². The Morgan fingerprint density at radius 1 is 1.38 bits per heavy atom. The molecule has 1 saturated heterocycles. The molecule has 3 rings (SSSR count). The van der Waals surface area contributed by atoms with E-state index in [-0.39, 0.29) is 11.3 Å². The number of nitro groups is 1. The molecule has 0 aliphatic carbocycles. The van der Waals surface area contributed by atoms with Gasteiger partial charge in [0.15, 0.2) is 0 Å². The van der Waals surface area contributed by atoms with Gasteiger partial charge < -0.3 is 9.64 Å². The molecule has 0 saturated carbocycles. The van der Waals surface area contributed by atoms with Crippen LogP contribution in [0.4, 0.5) is 11.4 Å². The summed E-state index contributed by atoms with van der Waals surface area (Å²) in [6.45, 7) is 4.11. The summed E-state index contributed by atoms with van der Waals surface area (Å²) in [7, 11) is 1.23. The zero-order valence-corrected chi connectivity index (χ0v) is 14.8. The van der Waals surface area contributed by atoms with Gasteiger partial charge in [0.1, 0.15) is 5.56 Å². The summed E-state index contributed by atoms with van der Waals surface area (Å²) in [5, 5.41) is 19.1. The van der Waals surface area contributed by atoms with E-state index in [2.05, 4.69) is 15.2 Å². The van der Waals surface area contributed by atoms with Gasteiger partial charge in [0.25, 0.3) is 5.69 Å². The van der Waals surface area contributed by atoms with Gasteiger partial charge in [-0.2, -0.15) is 0 Å². The standard InChI is InChI=1S/C17H21N5O4/c1-12-9-14(10-15(17(23)26-2)16(12)22(24)25)20-6-3-13(4-7-20)11-21-8-5-18-19-21/h5,8-10,13H,3-4,6-7,11H2,1-2H3. The molecule has 0 amide bonds. The number of nitrogens with zero attached hydrogens (tertiary/aromatic N) is 5. The molecule has 1 aromatic carbocycles. The number of carbonyl (C=O) groups is 1. The quantitative estimate of drug-likeness (QED) is 0.458. The molecule has 138 valence electrons. The minimum absolute atomic E-state index is 0.00256. The van der Waals surface area contributed by atoms with Gasteiger partial charge in [-0.25, -0.2) is 4.79 Å². The van der Waals surface area contributed by atoms with Crippen molar-refractivity contribution < 1.29 is 14.5 Å². The number of esters is 1. The number of nitro benzene ring substituents is 1. The Balaban J connectivity index is 1.76. The van der Waals surface area contributed by atoms with Crippen LogP contribution in [0.1, 0.15) is 28.8 Å². The highest BCUT2D eigenvalue weighted by Gasteiger charge is 2.27. The summed E-state index contributed by atoms with van der Waals surface area (Å²) in [6.07, 6.45) is 5.48. The summed E-state index contributed by atoms with van der Waals surface area (Å²) < 4.78 is 6.56. The van der Waals surface area contributed by atoms with E-state index in [4.69, 9.17) is 4.74 Å². The number of ether oxygens (including phenoxy) is 1. The molecule has 0 atom stereocenters. The monoisotopic (exact) mass is 359 g/mol. The van der Waals surface area contributed by atoms with Crippen LogP contribution in [0.2, 0.25) is 0 Å². The highest BCUT2D eigenvalue weighted by Crippen LogP contribution is 2.32. The molecule has 0 spiro atoms. The van der Waals surface area contributed by atoms with E-state index in [0.29, 0.717) is 11.5 Å². The fourth-order valence-corrected chi connectivity index (χ4v) is 3.42. The second-order valence-corrected chi connectivity index (χ2v) is 6.46. The van der Waals surface area contributed by atoms with E-state index in [1.807, 2.05) is 10.9 Å². The maximum atomic E-state index is 12.0. The number of aryl methyl sites for hydroxylation is 1. The normalized spacial score (nSPS) is 15.1. The van der Waals surface area contributed by atoms with Crippen LogP contribution in [-0.2, 0) is 11.3 Å². The van der Waals surface area contributed by atoms with E-state index < -0.39 is 10.9 Å². The fourth-order valence-electron chi connectivity index (χ4n) is 3.42. The van der Waals surface area contributed by atoms with Gasteiger partial charge in [-0.3, -0.25) is 14.8 Å². The van der Waals surface area contributed by atoms with Gasteiger partial charge in [0.2, 0.25) is 0 Å². The van der Waals surface area contributed by atoms with Crippen molar-refractivity contribution in [2.24, 2.45) is 5.92 Å². The van der Waals surface area contributed by atoms with Crippen LogP contribution in [0.15, 0.2) is 24.5 Å². The number of carbonyl (C=O) groups excluding carboxylic acids is 1. The Kier molecular flexibility index (Phi) is 5.15. The van der Waals surface area contributed by atoms with Gasteiger partial charge in [-0.15, -0.1) is 5.10 Å². The van der Waals surface area contributed by atoms with Crippen LogP contribution in [0.3, 0.4) is 0 Å². The molecule has 1 aliphatic rings. The third-order valence-corrected chi connectivity index (χ3v) is 4.77. The second kappa shape index (κ2) is 7.51. The molecule has 0 bridgehead atoms. The van der Waals surface area contributed by atoms with Crippen molar-refractivity contribution in [3.8, 4) is 0 Å². The number of hydrogen-bond donors (Lipinski definition) is 0. The molecule has 0 unspecified atom stereocenters. The number of aromatic nitrogens is 3. The summed E-state index contributed by atoms with van der Waals surface area (Å²) in [5.41, 5.74) is 1.07. The Bertz CT molecular complexity index is 798. The van der Waals surface area contributed by atoms with Crippen molar-refractivity contribution in [3.63, 3.8) is 0 Å². The van der Waals surface area contributed by atoms with Gasteiger partial charge >= 0.3 is 5.97 Å². The van der Waals surface area contributed by atoms with Crippen LogP contribution >= 0.6 is 0 Å². The molecular weight excluding hydrogens is 338 g/mol. The number of benzene rings is 1. The van der Waals surface area contributed by atoms with Crippen molar-refractivity contribution in [2.75, 3.05) is 25.1 Å². The van der Waals surface area contributed by atoms with Crippen LogP contribution in [0, 0.1) is 23.0 Å². The number of hydrogen-bond acceptors (Lipinski definition) is 7. The molecule has 1 aliphatic heterocycles. The first-order valence-corrected chi connectivity index (χ1v) is 8.46. The summed E-state index contributed by atoms with van der Waals surface area (Å²) in [5.74, 6) is -0.185. The minimum Gasteiger partial charge on any atom is -0.465 e. The summed E-state index contributed by atoms with van der Waals surface area (Å²) >= 11 is 0. The third-order valence-electron chi connectivity index (χ3n) is 4.77. The first-order valence-electron chi connectivity index (χ1n) is 8.46. The van der Waals surface area contributed by atoms with Gasteiger partial charge in [-0.05, 0) is 37.8 Å². The number of rotatable bonds is 5. The Morgan fingerprint density at radius 3 is 2.69 bits per heavy atom. The molecule has 9 nitrogen and oxygen atoms in total. The van der Waals surface area contributed by atoms with E-state index in [1.165, 1.54) is 7.11 Å². The fraction of sp³-hybridized carbons (Fsp3) is 0.471. The first kappa shape index (κ1) is 17.8. The Morgan fingerprint density at radius 2 is 2.12 bits per heavy atom. The summed E-state index contributed by atoms with van der Waals surface area (Å²) in [6, 6.07) is 3.33. The SMILES string of the molecule is COC(=O)c1cc(N2CCC(Cn3ccnn3)CC2)cc(C)c1[N+](=O)[O-]. The molecule has 2 aromatic rings. The van der Waals surface area contributed by atoms with Crippen LogP contribution in [0.5, 0.6) is 0 Å². The molecule has 9 heteroatoms. The third kappa shape index (κ3) is 3.66. The van der Waals surface area contributed by atoms with E-state index in [9.17, 15) is 14.9 Å². The molecule has 26 heavy (non-hydrogen) atoms. The maximum Gasteiger partial charge on any atom is 0.344 e. The predicted octanol–water partition coefficient (Wildman–Crippen LogP) is 2.20. The number of piperidine rings is 1. The molecule has 0 N–H and O–H groups in total. The lowest BCUT2D eigenvalue weighted by Crippen LogP contribution is -2.35. The second-order valence-electron chi connectivity index (χ2n) is 6.46. The molecular formula is C17H21N5O4. The number of anilines is 1. The van der Waals surface area contributed by atoms with Crippen molar-refractivity contribution in [1.82, 2.24) is 15.0 Å². The topological polar surface area (TPSA) is 103 Å². The largest absolute Gasteiger partial charge is 0.465 e. The smallest absolute Gasteiger partial charge is 0.344 e. The van der Waals surface area contributed by atoms with E-state index in [0.717, 1.165) is 38.2 Å². The maximum absolute atomic E-state index is 12.0. The zero-order valence-electron chi connectivity index (χ0n) is 14.8. The molecule has 0 radical (unpaired) electrons. The van der Waals surface area contributed by atoms with Gasteiger partial charge in [0, 0.05) is 37.1 Å². The lowest BCUT2D eigenvalue weighted by molar-refractivity contribution is -0.385. The van der Waals surface area contributed by atoms with E-state index >= 15 is 0 Å². The first-order chi connectivity index (χ1) is 12.5. The van der Waals surface area contributed by atoms with Crippen LogP contribution < -0.4 is 4.90 Å². The molecule has 2 heterocycles. The van der Waals surface area contributed by atoms with Crippen LogP contribution in [-0.4, -0.2) is 46.1 Å². The molecule has 1 aromatic heterocycles. The highest BCUT2D eigenvalue weighted by atomic mass is 16.6. The van der Waals surface area contributed by atoms with Crippen LogP contribution in [0.25, 0.3) is 0 Å². The lowest BCUT2D eigenvalue weighted by atomic mass is 9.95. The number of methoxy groups -OCH3 is 1. The van der Waals surface area contributed by atoms with Crippen molar-refractivity contribution in [1.29, 1.82) is 0 Å². The predicted molar refractivity (Wildman–Crippen MR) is 94.1 cm³/mol. The average molecular weight is 359 g/mol. The zero-order chi connectivity index (χ0) is 18.7. The Labute approximate surface area is 150 Å². The molecule has 1 fully saturated rings. The minimum atomic E-state index is -0.692.